The second-order valence-corrected chi connectivity index (χ2v) is 3.52. The first-order valence-corrected chi connectivity index (χ1v) is 5.46. The Labute approximate surface area is 107 Å². The van der Waals surface area contributed by atoms with Gasteiger partial charge in [-0.05, 0) is 19.1 Å². The third-order valence-electron chi connectivity index (χ3n) is 2.30. The van der Waals surface area contributed by atoms with Crippen LogP contribution < -0.4 is 0 Å². The number of carbonyl (C=O) groups excluding carboxylic acids is 1. The number of nitrogens with zero attached hydrogens (tertiary/aromatic N) is 4. The third-order valence-corrected chi connectivity index (χ3v) is 2.30. The van der Waals surface area contributed by atoms with Crippen molar-refractivity contribution in [2.45, 2.75) is 6.92 Å². The van der Waals surface area contributed by atoms with Gasteiger partial charge >= 0.3 is 6.09 Å². The smallest absolute Gasteiger partial charge is 0.447 e. The molecule has 19 heavy (non-hydrogen) atoms. The van der Waals surface area contributed by atoms with Crippen LogP contribution in [0.25, 0.3) is 11.3 Å². The Morgan fingerprint density at radius 3 is 2.68 bits per heavy atom. The average molecular weight is 262 g/mol. The van der Waals surface area contributed by atoms with Crippen molar-refractivity contribution < 1.29 is 14.5 Å². The van der Waals surface area contributed by atoms with Crippen LogP contribution in [-0.4, -0.2) is 32.6 Å². The zero-order chi connectivity index (χ0) is 13.8. The van der Waals surface area contributed by atoms with Gasteiger partial charge in [0.05, 0.1) is 17.7 Å². The number of nitro benzene ring substituents is 1. The first-order valence-electron chi connectivity index (χ1n) is 5.46. The average Bonchev–Trinajstić information content (AvgIpc) is 2.89. The highest BCUT2D eigenvalue weighted by Crippen LogP contribution is 2.19. The minimum atomic E-state index is -0.671. The van der Waals surface area contributed by atoms with Crippen LogP contribution in [0.1, 0.15) is 6.92 Å². The quantitative estimate of drug-likeness (QED) is 0.618. The zero-order valence-electron chi connectivity index (χ0n) is 10.0. The van der Waals surface area contributed by atoms with Crippen LogP contribution in [0.4, 0.5) is 10.5 Å². The first kappa shape index (κ1) is 12.7. The number of aromatic nitrogens is 3. The van der Waals surface area contributed by atoms with E-state index in [-0.39, 0.29) is 12.3 Å². The molecule has 0 fully saturated rings. The molecule has 0 aliphatic heterocycles. The topological polar surface area (TPSA) is 100 Å². The lowest BCUT2D eigenvalue weighted by Gasteiger charge is -1.98. The molecule has 1 aromatic carbocycles. The summed E-state index contributed by atoms with van der Waals surface area (Å²) in [7, 11) is 0. The predicted molar refractivity (Wildman–Crippen MR) is 64.5 cm³/mol. The molecular formula is C11H10N4O4. The van der Waals surface area contributed by atoms with E-state index in [0.29, 0.717) is 11.3 Å². The van der Waals surface area contributed by atoms with Gasteiger partial charge in [0.1, 0.15) is 5.69 Å². The van der Waals surface area contributed by atoms with E-state index >= 15 is 0 Å². The van der Waals surface area contributed by atoms with Crippen molar-refractivity contribution in [2.24, 2.45) is 0 Å². The molecule has 1 heterocycles. The Balaban J connectivity index is 2.23. The van der Waals surface area contributed by atoms with Crippen molar-refractivity contribution in [1.82, 2.24) is 15.0 Å². The van der Waals surface area contributed by atoms with E-state index in [4.69, 9.17) is 4.74 Å². The van der Waals surface area contributed by atoms with Crippen molar-refractivity contribution in [1.29, 1.82) is 0 Å². The Morgan fingerprint density at radius 2 is 2.11 bits per heavy atom. The minimum Gasteiger partial charge on any atom is -0.447 e. The van der Waals surface area contributed by atoms with Gasteiger partial charge in [-0.2, -0.15) is 5.10 Å². The molecule has 0 amide bonds. The standard InChI is InChI=1S/C11H10N4O4/c1-2-19-11(16)14-12-7-10(13-14)8-3-5-9(6-4-8)15(17)18/h3-7H,2H2,1H3. The van der Waals surface area contributed by atoms with Crippen LogP contribution in [0.15, 0.2) is 30.5 Å². The van der Waals surface area contributed by atoms with Gasteiger partial charge in [-0.15, -0.1) is 5.10 Å². The lowest BCUT2D eigenvalue weighted by atomic mass is 10.1. The molecule has 0 unspecified atom stereocenters. The van der Waals surface area contributed by atoms with Crippen LogP contribution in [0.2, 0.25) is 0 Å². The Kier molecular flexibility index (Phi) is 3.51. The lowest BCUT2D eigenvalue weighted by Crippen LogP contribution is -2.16. The van der Waals surface area contributed by atoms with Crippen molar-refractivity contribution >= 4 is 11.8 Å². The Morgan fingerprint density at radius 1 is 1.42 bits per heavy atom. The Hall–Kier alpha value is -2.77. The number of benzene rings is 1. The molecular weight excluding hydrogens is 252 g/mol. The maximum Gasteiger partial charge on any atom is 0.452 e. The highest BCUT2D eigenvalue weighted by atomic mass is 16.6. The van der Waals surface area contributed by atoms with E-state index in [2.05, 4.69) is 10.2 Å². The normalized spacial score (nSPS) is 10.2. The van der Waals surface area contributed by atoms with Crippen molar-refractivity contribution in [3.05, 3.63) is 40.6 Å². The summed E-state index contributed by atoms with van der Waals surface area (Å²) in [6.45, 7) is 1.91. The van der Waals surface area contributed by atoms with E-state index in [9.17, 15) is 14.9 Å². The van der Waals surface area contributed by atoms with Gasteiger partial charge in [0, 0.05) is 17.7 Å². The van der Waals surface area contributed by atoms with Crippen LogP contribution in [-0.2, 0) is 4.74 Å². The first-order chi connectivity index (χ1) is 9.11. The van der Waals surface area contributed by atoms with Gasteiger partial charge in [-0.3, -0.25) is 10.1 Å². The number of hydrogen-bond acceptors (Lipinski definition) is 6. The fraction of sp³-hybridized carbons (Fsp3) is 0.182. The van der Waals surface area contributed by atoms with E-state index < -0.39 is 11.0 Å². The van der Waals surface area contributed by atoms with Gasteiger partial charge in [-0.1, -0.05) is 4.80 Å². The number of ether oxygens (including phenoxy) is 1. The van der Waals surface area contributed by atoms with Crippen molar-refractivity contribution in [3.8, 4) is 11.3 Å². The SMILES string of the molecule is CCOC(=O)n1ncc(-c2ccc([N+](=O)[O-])cc2)n1. The number of nitro groups is 1. The number of rotatable bonds is 3. The molecule has 0 saturated heterocycles. The van der Waals surface area contributed by atoms with Gasteiger partial charge < -0.3 is 4.74 Å². The number of hydrogen-bond donors (Lipinski definition) is 0. The van der Waals surface area contributed by atoms with E-state index in [1.54, 1.807) is 6.92 Å². The summed E-state index contributed by atoms with van der Waals surface area (Å²) < 4.78 is 4.74. The van der Waals surface area contributed by atoms with Crippen molar-refractivity contribution in [3.63, 3.8) is 0 Å². The number of non-ortho nitro benzene ring substituents is 1. The molecule has 0 aliphatic carbocycles. The maximum atomic E-state index is 11.4. The summed E-state index contributed by atoms with van der Waals surface area (Å²) in [5, 5.41) is 18.2. The summed E-state index contributed by atoms with van der Waals surface area (Å²) >= 11 is 0. The summed E-state index contributed by atoms with van der Waals surface area (Å²) in [6.07, 6.45) is 0.716. The zero-order valence-corrected chi connectivity index (χ0v) is 10.0. The molecule has 98 valence electrons. The second-order valence-electron chi connectivity index (χ2n) is 3.52. The summed E-state index contributed by atoms with van der Waals surface area (Å²) in [4.78, 5) is 22.2. The van der Waals surface area contributed by atoms with Gasteiger partial charge in [0.25, 0.3) is 5.69 Å². The van der Waals surface area contributed by atoms with Gasteiger partial charge in [0.2, 0.25) is 0 Å². The summed E-state index contributed by atoms with van der Waals surface area (Å²) in [5.74, 6) is 0. The molecule has 0 saturated carbocycles. The van der Waals surface area contributed by atoms with Crippen molar-refractivity contribution in [2.75, 3.05) is 6.61 Å². The molecule has 2 rings (SSSR count). The van der Waals surface area contributed by atoms with Crippen LogP contribution in [0.5, 0.6) is 0 Å². The van der Waals surface area contributed by atoms with E-state index in [0.717, 1.165) is 4.80 Å². The molecule has 2 aromatic rings. The fourth-order valence-electron chi connectivity index (χ4n) is 1.42. The molecule has 0 spiro atoms. The molecule has 8 heteroatoms. The maximum absolute atomic E-state index is 11.4. The second kappa shape index (κ2) is 5.25. The molecule has 0 aliphatic rings. The molecule has 8 nitrogen and oxygen atoms in total. The van der Waals surface area contributed by atoms with Gasteiger partial charge in [0.15, 0.2) is 0 Å². The Bertz CT molecular complexity index is 605. The van der Waals surface area contributed by atoms with Crippen LogP contribution >= 0.6 is 0 Å². The van der Waals surface area contributed by atoms with Gasteiger partial charge in [-0.25, -0.2) is 4.79 Å². The van der Waals surface area contributed by atoms with Crippen LogP contribution in [0, 0.1) is 10.1 Å². The lowest BCUT2D eigenvalue weighted by molar-refractivity contribution is -0.384. The third kappa shape index (κ3) is 2.73. The molecule has 0 N–H and O–H groups in total. The highest BCUT2D eigenvalue weighted by Gasteiger charge is 2.11. The molecule has 1 aromatic heterocycles. The predicted octanol–water partition coefficient (Wildman–Crippen LogP) is 1.86. The summed E-state index contributed by atoms with van der Waals surface area (Å²) in [5.41, 5.74) is 1.05. The van der Waals surface area contributed by atoms with E-state index in [1.165, 1.54) is 30.5 Å². The van der Waals surface area contributed by atoms with E-state index in [1.807, 2.05) is 0 Å². The fourth-order valence-corrected chi connectivity index (χ4v) is 1.42. The largest absolute Gasteiger partial charge is 0.452 e. The minimum absolute atomic E-state index is 0.0125. The highest BCUT2D eigenvalue weighted by molar-refractivity contribution is 5.69. The molecule has 0 bridgehead atoms. The molecule has 0 atom stereocenters. The number of carbonyl (C=O) groups is 1. The monoisotopic (exact) mass is 262 g/mol. The molecule has 0 radical (unpaired) electrons. The van der Waals surface area contributed by atoms with Crippen LogP contribution in [0.3, 0.4) is 0 Å². The summed E-state index contributed by atoms with van der Waals surface area (Å²) in [6, 6.07) is 5.80.